The molecule has 1 aromatic rings. The summed E-state index contributed by atoms with van der Waals surface area (Å²) in [4.78, 5) is -0.408. The highest BCUT2D eigenvalue weighted by molar-refractivity contribution is 7.95. The summed E-state index contributed by atoms with van der Waals surface area (Å²) in [5.74, 6) is 0. The highest BCUT2D eigenvalue weighted by atomic mass is 32.2. The van der Waals surface area contributed by atoms with Crippen molar-refractivity contribution in [3.63, 3.8) is 0 Å². The van der Waals surface area contributed by atoms with Gasteiger partial charge in [-0.05, 0) is 30.7 Å². The first-order valence-electron chi connectivity index (χ1n) is 5.47. The first-order valence-corrected chi connectivity index (χ1v) is 6.95. The molecule has 104 valence electrons. The topological polar surface area (TPSA) is 54.4 Å². The van der Waals surface area contributed by atoms with Crippen LogP contribution in [0, 0.1) is 0 Å². The van der Waals surface area contributed by atoms with Gasteiger partial charge in [0.15, 0.2) is 0 Å². The Kier molecular flexibility index (Phi) is 3.22. The summed E-state index contributed by atoms with van der Waals surface area (Å²) in [5, 5.41) is 9.22. The van der Waals surface area contributed by atoms with Gasteiger partial charge in [-0.25, -0.2) is 8.42 Å². The third-order valence-electron chi connectivity index (χ3n) is 2.79. The number of hydrogen-bond acceptors (Lipinski definition) is 3. The Balaban J connectivity index is 2.51. The molecule has 0 spiro atoms. The lowest BCUT2D eigenvalue weighted by Gasteiger charge is -2.09. The number of sulfone groups is 1. The van der Waals surface area contributed by atoms with Crippen LogP contribution in [0.3, 0.4) is 0 Å². The van der Waals surface area contributed by atoms with Crippen molar-refractivity contribution in [2.45, 2.75) is 30.5 Å². The fourth-order valence-corrected chi connectivity index (χ4v) is 3.66. The van der Waals surface area contributed by atoms with E-state index >= 15 is 0 Å². The molecule has 0 bridgehead atoms. The predicted molar refractivity (Wildman–Crippen MR) is 62.9 cm³/mol. The average molecular weight is 292 g/mol. The highest BCUT2D eigenvalue weighted by Crippen LogP contribution is 2.39. The second-order valence-electron chi connectivity index (χ2n) is 4.42. The van der Waals surface area contributed by atoms with Crippen molar-refractivity contribution < 1.29 is 26.7 Å². The van der Waals surface area contributed by atoms with Gasteiger partial charge in [0.1, 0.15) is 0 Å². The summed E-state index contributed by atoms with van der Waals surface area (Å²) < 4.78 is 61.8. The van der Waals surface area contributed by atoms with Crippen molar-refractivity contribution in [3.05, 3.63) is 34.2 Å². The first kappa shape index (κ1) is 14.1. The molecule has 1 aromatic carbocycles. The van der Waals surface area contributed by atoms with E-state index in [1.165, 1.54) is 13.0 Å². The standard InChI is InChI=1S/C12H11F3O3S/c1-7(16)4-10-5-8-2-3-9(12(13,14)15)6-11(8)19(10,17)18/h2-3,5-7,16H,4H2,1H3. The second-order valence-corrected chi connectivity index (χ2v) is 6.39. The SMILES string of the molecule is CC(O)CC1=Cc2ccc(C(F)(F)F)cc2S1(=O)=O. The molecule has 3 nitrogen and oxygen atoms in total. The zero-order chi connectivity index (χ0) is 14.4. The molecular weight excluding hydrogens is 281 g/mol. The van der Waals surface area contributed by atoms with Gasteiger partial charge in [0.25, 0.3) is 0 Å². The lowest BCUT2D eigenvalue weighted by molar-refractivity contribution is -0.137. The summed E-state index contributed by atoms with van der Waals surface area (Å²) in [6, 6.07) is 2.61. The molecule has 0 aliphatic carbocycles. The molecule has 7 heteroatoms. The molecule has 1 unspecified atom stereocenters. The Morgan fingerprint density at radius 1 is 1.32 bits per heavy atom. The van der Waals surface area contributed by atoms with Gasteiger partial charge in [-0.2, -0.15) is 13.2 Å². The quantitative estimate of drug-likeness (QED) is 0.911. The molecule has 1 heterocycles. The van der Waals surface area contributed by atoms with E-state index in [1.54, 1.807) is 0 Å². The van der Waals surface area contributed by atoms with Crippen LogP contribution >= 0.6 is 0 Å². The first-order chi connectivity index (χ1) is 8.62. The lowest BCUT2D eigenvalue weighted by Crippen LogP contribution is -2.10. The molecule has 0 aromatic heterocycles. The summed E-state index contributed by atoms with van der Waals surface area (Å²) in [6.07, 6.45) is -4.27. The van der Waals surface area contributed by atoms with E-state index in [1.807, 2.05) is 0 Å². The molecule has 0 amide bonds. The van der Waals surface area contributed by atoms with E-state index in [9.17, 15) is 26.7 Å². The average Bonchev–Trinajstić information content (AvgIpc) is 2.49. The number of alkyl halides is 3. The van der Waals surface area contributed by atoms with Crippen molar-refractivity contribution in [2.24, 2.45) is 0 Å². The van der Waals surface area contributed by atoms with E-state index in [0.717, 1.165) is 12.1 Å². The Labute approximate surface area is 108 Å². The zero-order valence-electron chi connectivity index (χ0n) is 9.90. The summed E-state index contributed by atoms with van der Waals surface area (Å²) in [5.41, 5.74) is -0.773. The van der Waals surface area contributed by atoms with Gasteiger partial charge in [-0.15, -0.1) is 0 Å². The maximum atomic E-state index is 12.6. The molecule has 0 fully saturated rings. The largest absolute Gasteiger partial charge is 0.416 e. The minimum atomic E-state index is -4.59. The molecule has 0 radical (unpaired) electrons. The van der Waals surface area contributed by atoms with Crippen molar-refractivity contribution in [3.8, 4) is 0 Å². The van der Waals surface area contributed by atoms with Gasteiger partial charge in [-0.3, -0.25) is 0 Å². The Bertz CT molecular complexity index is 643. The summed E-state index contributed by atoms with van der Waals surface area (Å²) in [7, 11) is -3.92. The number of fused-ring (bicyclic) bond motifs is 1. The van der Waals surface area contributed by atoms with Gasteiger partial charge in [0.05, 0.1) is 21.5 Å². The van der Waals surface area contributed by atoms with E-state index in [-0.39, 0.29) is 21.8 Å². The second kappa shape index (κ2) is 4.35. The predicted octanol–water partition coefficient (Wildman–Crippen LogP) is 2.60. The van der Waals surface area contributed by atoms with Crippen LogP contribution in [0.15, 0.2) is 28.0 Å². The number of rotatable bonds is 2. The minimum Gasteiger partial charge on any atom is -0.393 e. The molecule has 0 saturated heterocycles. The molecular formula is C12H11F3O3S. The number of halogens is 3. The maximum Gasteiger partial charge on any atom is 0.416 e. The fourth-order valence-electron chi connectivity index (χ4n) is 1.91. The molecule has 19 heavy (non-hydrogen) atoms. The number of benzene rings is 1. The third-order valence-corrected chi connectivity index (χ3v) is 4.70. The zero-order valence-corrected chi connectivity index (χ0v) is 10.7. The monoisotopic (exact) mass is 292 g/mol. The van der Waals surface area contributed by atoms with Crippen molar-refractivity contribution in [1.29, 1.82) is 0 Å². The maximum absolute atomic E-state index is 12.6. The van der Waals surface area contributed by atoms with Crippen molar-refractivity contribution in [2.75, 3.05) is 0 Å². The van der Waals surface area contributed by atoms with E-state index < -0.39 is 27.7 Å². The fraction of sp³-hybridized carbons (Fsp3) is 0.333. The number of aliphatic hydroxyl groups is 1. The molecule has 1 aliphatic heterocycles. The van der Waals surface area contributed by atoms with E-state index in [2.05, 4.69) is 0 Å². The molecule has 1 N–H and O–H groups in total. The van der Waals surface area contributed by atoms with Gasteiger partial charge in [0, 0.05) is 6.42 Å². The van der Waals surface area contributed by atoms with Crippen LogP contribution in [0.4, 0.5) is 13.2 Å². The van der Waals surface area contributed by atoms with E-state index in [4.69, 9.17) is 0 Å². The van der Waals surface area contributed by atoms with Gasteiger partial charge >= 0.3 is 6.18 Å². The lowest BCUT2D eigenvalue weighted by atomic mass is 10.1. The highest BCUT2D eigenvalue weighted by Gasteiger charge is 2.35. The molecule has 0 saturated carbocycles. The van der Waals surface area contributed by atoms with Crippen LogP contribution in [-0.2, 0) is 16.0 Å². The Morgan fingerprint density at radius 2 is 1.95 bits per heavy atom. The van der Waals surface area contributed by atoms with Crippen LogP contribution in [0.5, 0.6) is 0 Å². The number of aliphatic hydroxyl groups excluding tert-OH is 1. The Hall–Kier alpha value is -1.34. The third kappa shape index (κ3) is 2.52. The Morgan fingerprint density at radius 3 is 2.47 bits per heavy atom. The van der Waals surface area contributed by atoms with Crippen LogP contribution in [-0.4, -0.2) is 19.6 Å². The van der Waals surface area contributed by atoms with Crippen LogP contribution in [0.1, 0.15) is 24.5 Å². The summed E-state index contributed by atoms with van der Waals surface area (Å²) in [6.45, 7) is 1.42. The minimum absolute atomic E-state index is 0.0585. The summed E-state index contributed by atoms with van der Waals surface area (Å²) >= 11 is 0. The van der Waals surface area contributed by atoms with Crippen LogP contribution in [0.2, 0.25) is 0 Å². The molecule has 2 rings (SSSR count). The van der Waals surface area contributed by atoms with Crippen molar-refractivity contribution in [1.82, 2.24) is 0 Å². The van der Waals surface area contributed by atoms with Gasteiger partial charge < -0.3 is 5.11 Å². The van der Waals surface area contributed by atoms with Crippen molar-refractivity contribution >= 4 is 15.9 Å². The molecule has 1 atom stereocenters. The normalized spacial score (nSPS) is 18.9. The van der Waals surface area contributed by atoms with Gasteiger partial charge in [0.2, 0.25) is 9.84 Å². The molecule has 1 aliphatic rings. The number of hydrogen-bond donors (Lipinski definition) is 1. The van der Waals surface area contributed by atoms with Gasteiger partial charge in [-0.1, -0.05) is 6.07 Å². The van der Waals surface area contributed by atoms with Crippen LogP contribution in [0.25, 0.3) is 6.08 Å². The smallest absolute Gasteiger partial charge is 0.393 e. The van der Waals surface area contributed by atoms with E-state index in [0.29, 0.717) is 6.07 Å². The van der Waals surface area contributed by atoms with Crippen LogP contribution < -0.4 is 0 Å².